The first kappa shape index (κ1) is 24.1. The minimum atomic E-state index is -3.95. The highest BCUT2D eigenvalue weighted by Crippen LogP contribution is 2.25. The Morgan fingerprint density at radius 1 is 1.00 bits per heavy atom. The van der Waals surface area contributed by atoms with Gasteiger partial charge in [-0.15, -0.1) is 0 Å². The molecule has 0 radical (unpaired) electrons. The smallest absolute Gasteiger partial charge is 0.243 e. The summed E-state index contributed by atoms with van der Waals surface area (Å²) >= 11 is 0. The van der Waals surface area contributed by atoms with Crippen LogP contribution in [0.5, 0.6) is 0 Å². The molecular weight excluding hydrogens is 474 g/mol. The van der Waals surface area contributed by atoms with Crippen LogP contribution in [0.3, 0.4) is 0 Å². The molecule has 1 atom stereocenters. The number of H-pyrrole nitrogens is 1. The van der Waals surface area contributed by atoms with Crippen LogP contribution in [0, 0.1) is 6.92 Å². The van der Waals surface area contributed by atoms with Crippen LogP contribution in [0.1, 0.15) is 11.3 Å². The standard InChI is InChI=1S/C28H29N3O4S/c1-20-6-12-25(13-7-20)36(33,34)27(19-23-18-21-4-2-3-5-26(21)29-23)28(32)30-22-8-10-24(11-9-22)31-14-16-35-17-15-31/h2-13,18,27,29H,14-17,19H2,1H3,(H,30,32). The van der Waals surface area contributed by atoms with Gasteiger partial charge in [0.1, 0.15) is 5.25 Å². The fourth-order valence-electron chi connectivity index (χ4n) is 4.48. The van der Waals surface area contributed by atoms with Gasteiger partial charge in [-0.2, -0.15) is 0 Å². The van der Waals surface area contributed by atoms with Crippen molar-refractivity contribution in [2.24, 2.45) is 0 Å². The quantitative estimate of drug-likeness (QED) is 0.392. The van der Waals surface area contributed by atoms with Crippen molar-refractivity contribution in [2.45, 2.75) is 23.5 Å². The Labute approximate surface area is 211 Å². The third-order valence-electron chi connectivity index (χ3n) is 6.52. The lowest BCUT2D eigenvalue weighted by Gasteiger charge is -2.29. The van der Waals surface area contributed by atoms with Crippen LogP contribution < -0.4 is 10.2 Å². The Morgan fingerprint density at radius 2 is 1.69 bits per heavy atom. The molecule has 7 nitrogen and oxygen atoms in total. The summed E-state index contributed by atoms with van der Waals surface area (Å²) in [6.07, 6.45) is 0.0303. The molecule has 0 spiro atoms. The summed E-state index contributed by atoms with van der Waals surface area (Å²) in [5.74, 6) is -0.562. The van der Waals surface area contributed by atoms with Crippen LogP contribution in [0.25, 0.3) is 10.9 Å². The molecule has 1 amide bonds. The van der Waals surface area contributed by atoms with Crippen molar-refractivity contribution < 1.29 is 17.9 Å². The Balaban J connectivity index is 1.42. The Bertz CT molecular complexity index is 1420. The molecule has 1 unspecified atom stereocenters. The minimum Gasteiger partial charge on any atom is -0.378 e. The molecule has 5 rings (SSSR count). The normalized spacial score (nSPS) is 15.1. The maximum absolute atomic E-state index is 13.7. The van der Waals surface area contributed by atoms with Crippen LogP contribution in [0.2, 0.25) is 0 Å². The lowest BCUT2D eigenvalue weighted by atomic mass is 10.2. The molecule has 1 saturated heterocycles. The zero-order chi connectivity index (χ0) is 25.1. The summed E-state index contributed by atoms with van der Waals surface area (Å²) < 4.78 is 32.7. The number of hydrogen-bond donors (Lipinski definition) is 2. The number of anilines is 2. The van der Waals surface area contributed by atoms with Crippen LogP contribution in [0.15, 0.2) is 83.8 Å². The van der Waals surface area contributed by atoms with E-state index in [4.69, 9.17) is 4.74 Å². The van der Waals surface area contributed by atoms with Crippen molar-refractivity contribution in [2.75, 3.05) is 36.5 Å². The molecule has 0 bridgehead atoms. The lowest BCUT2D eigenvalue weighted by Crippen LogP contribution is -2.37. The van der Waals surface area contributed by atoms with Crippen molar-refractivity contribution >= 4 is 38.0 Å². The predicted molar refractivity (Wildman–Crippen MR) is 142 cm³/mol. The number of benzene rings is 3. The third-order valence-corrected chi connectivity index (χ3v) is 8.58. The molecule has 1 aliphatic heterocycles. The van der Waals surface area contributed by atoms with Gasteiger partial charge in [0, 0.05) is 42.1 Å². The van der Waals surface area contributed by atoms with Crippen molar-refractivity contribution in [1.29, 1.82) is 0 Å². The molecule has 186 valence electrons. The molecule has 1 aliphatic rings. The fourth-order valence-corrected chi connectivity index (χ4v) is 6.06. The van der Waals surface area contributed by atoms with E-state index in [1.165, 1.54) is 0 Å². The largest absolute Gasteiger partial charge is 0.378 e. The van der Waals surface area contributed by atoms with Crippen LogP contribution in [0.4, 0.5) is 11.4 Å². The molecule has 2 N–H and O–H groups in total. The highest BCUT2D eigenvalue weighted by molar-refractivity contribution is 7.92. The van der Waals surface area contributed by atoms with Crippen molar-refractivity contribution in [3.05, 3.63) is 90.1 Å². The number of hydrogen-bond acceptors (Lipinski definition) is 5. The maximum atomic E-state index is 13.7. The first-order valence-corrected chi connectivity index (χ1v) is 13.6. The SMILES string of the molecule is Cc1ccc(S(=O)(=O)C(Cc2cc3ccccc3[nH]2)C(=O)Nc2ccc(N3CCOCC3)cc2)cc1. The summed E-state index contributed by atoms with van der Waals surface area (Å²) in [6.45, 7) is 4.89. The van der Waals surface area contributed by atoms with E-state index in [2.05, 4.69) is 15.2 Å². The summed E-state index contributed by atoms with van der Waals surface area (Å²) in [7, 11) is -3.95. The molecule has 2 heterocycles. The Hall–Kier alpha value is -3.62. The number of nitrogens with zero attached hydrogens (tertiary/aromatic N) is 1. The molecule has 36 heavy (non-hydrogen) atoms. The lowest BCUT2D eigenvalue weighted by molar-refractivity contribution is -0.115. The van der Waals surface area contributed by atoms with Crippen molar-refractivity contribution in [1.82, 2.24) is 4.98 Å². The van der Waals surface area contributed by atoms with Gasteiger partial charge in [0.25, 0.3) is 0 Å². The first-order chi connectivity index (χ1) is 17.4. The second kappa shape index (κ2) is 10.2. The summed E-state index contributed by atoms with van der Waals surface area (Å²) in [5.41, 5.74) is 4.13. The third kappa shape index (κ3) is 5.15. The molecule has 1 aromatic heterocycles. The Morgan fingerprint density at radius 3 is 2.39 bits per heavy atom. The number of para-hydroxylation sites is 1. The van der Waals surface area contributed by atoms with E-state index in [0.717, 1.165) is 35.2 Å². The van der Waals surface area contributed by atoms with Gasteiger partial charge in [0.2, 0.25) is 5.91 Å². The van der Waals surface area contributed by atoms with Gasteiger partial charge in [-0.05, 0) is 60.8 Å². The monoisotopic (exact) mass is 503 g/mol. The van der Waals surface area contributed by atoms with Gasteiger partial charge < -0.3 is 19.9 Å². The molecule has 1 fully saturated rings. The van der Waals surface area contributed by atoms with Gasteiger partial charge in [-0.1, -0.05) is 35.9 Å². The summed E-state index contributed by atoms with van der Waals surface area (Å²) in [5, 5.41) is 2.51. The fraction of sp³-hybridized carbons (Fsp3) is 0.250. The van der Waals surface area contributed by atoms with E-state index in [9.17, 15) is 13.2 Å². The van der Waals surface area contributed by atoms with Crippen molar-refractivity contribution in [3.63, 3.8) is 0 Å². The molecule has 3 aromatic carbocycles. The zero-order valence-electron chi connectivity index (χ0n) is 20.1. The number of aryl methyl sites for hydroxylation is 1. The van der Waals surface area contributed by atoms with Gasteiger partial charge in [-0.3, -0.25) is 4.79 Å². The first-order valence-electron chi connectivity index (χ1n) is 12.0. The molecule has 0 saturated carbocycles. The van der Waals surface area contributed by atoms with Crippen LogP contribution >= 0.6 is 0 Å². The maximum Gasteiger partial charge on any atom is 0.243 e. The zero-order valence-corrected chi connectivity index (χ0v) is 20.9. The number of carbonyl (C=O) groups excluding carboxylic acids is 1. The number of carbonyl (C=O) groups is 1. The Kier molecular flexibility index (Phi) is 6.80. The molecule has 4 aromatic rings. The highest BCUT2D eigenvalue weighted by Gasteiger charge is 2.35. The summed E-state index contributed by atoms with van der Waals surface area (Å²) in [4.78, 5) is 19.1. The minimum absolute atomic E-state index is 0.0303. The van der Waals surface area contributed by atoms with E-state index in [1.807, 2.05) is 49.4 Å². The number of rotatable bonds is 7. The van der Waals surface area contributed by atoms with Gasteiger partial charge in [0.15, 0.2) is 9.84 Å². The van der Waals surface area contributed by atoms with E-state index in [0.29, 0.717) is 24.6 Å². The highest BCUT2D eigenvalue weighted by atomic mass is 32.2. The molecular formula is C28H29N3O4S. The topological polar surface area (TPSA) is 91.5 Å². The van der Waals surface area contributed by atoms with Gasteiger partial charge in [0.05, 0.1) is 18.1 Å². The average molecular weight is 504 g/mol. The number of nitrogens with one attached hydrogen (secondary N) is 2. The molecule has 8 heteroatoms. The molecule has 0 aliphatic carbocycles. The number of aromatic amines is 1. The van der Waals surface area contributed by atoms with Crippen LogP contribution in [-0.4, -0.2) is 50.9 Å². The predicted octanol–water partition coefficient (Wildman–Crippen LogP) is 4.34. The number of morpholine rings is 1. The number of sulfone groups is 1. The van der Waals surface area contributed by atoms with Gasteiger partial charge >= 0.3 is 0 Å². The number of ether oxygens (including phenoxy) is 1. The van der Waals surface area contributed by atoms with E-state index in [-0.39, 0.29) is 11.3 Å². The average Bonchev–Trinajstić information content (AvgIpc) is 3.31. The number of fused-ring (bicyclic) bond motifs is 1. The second-order valence-electron chi connectivity index (χ2n) is 9.07. The second-order valence-corrected chi connectivity index (χ2v) is 11.2. The summed E-state index contributed by atoms with van der Waals surface area (Å²) in [6, 6.07) is 23.7. The van der Waals surface area contributed by atoms with Gasteiger partial charge in [-0.25, -0.2) is 8.42 Å². The van der Waals surface area contributed by atoms with E-state index < -0.39 is 21.0 Å². The van der Waals surface area contributed by atoms with E-state index >= 15 is 0 Å². The van der Waals surface area contributed by atoms with Crippen LogP contribution in [-0.2, 0) is 25.8 Å². The van der Waals surface area contributed by atoms with E-state index in [1.54, 1.807) is 36.4 Å². The number of amides is 1. The van der Waals surface area contributed by atoms with Crippen molar-refractivity contribution in [3.8, 4) is 0 Å². The number of aromatic nitrogens is 1.